The maximum atomic E-state index is 13.4. The zero-order valence-electron chi connectivity index (χ0n) is 10.1. The molecule has 0 spiro atoms. The van der Waals surface area contributed by atoms with Crippen LogP contribution in [0.2, 0.25) is 0 Å². The fourth-order valence-corrected chi connectivity index (χ4v) is 3.46. The Morgan fingerprint density at radius 3 is 2.45 bits per heavy atom. The van der Waals surface area contributed by atoms with Crippen molar-refractivity contribution in [3.8, 4) is 10.6 Å². The number of rotatable bonds is 1. The second-order valence-corrected chi connectivity index (χ2v) is 6.65. The van der Waals surface area contributed by atoms with E-state index in [-0.39, 0.29) is 5.39 Å². The van der Waals surface area contributed by atoms with E-state index in [1.807, 2.05) is 13.0 Å². The second kappa shape index (κ2) is 4.75. The molecule has 3 nitrogen and oxygen atoms in total. The standard InChI is InChI=1S/C13H7BrF2N2OS/c1-5-2-10(20-12(5)14)11-6-3-8(15)9(16)4-7(6)13(19)18-17-11/h2-4H,1H3,(H,18,19). The van der Waals surface area contributed by atoms with E-state index in [1.54, 1.807) is 0 Å². The molecule has 20 heavy (non-hydrogen) atoms. The highest BCUT2D eigenvalue weighted by Gasteiger charge is 2.15. The van der Waals surface area contributed by atoms with Crippen molar-refractivity contribution < 1.29 is 8.78 Å². The first kappa shape index (κ1) is 13.4. The molecule has 0 aliphatic carbocycles. The molecule has 3 rings (SSSR count). The van der Waals surface area contributed by atoms with Crippen molar-refractivity contribution in [2.45, 2.75) is 6.92 Å². The second-order valence-electron chi connectivity index (χ2n) is 4.28. The highest BCUT2D eigenvalue weighted by molar-refractivity contribution is 9.11. The topological polar surface area (TPSA) is 45.8 Å². The van der Waals surface area contributed by atoms with Crippen LogP contribution >= 0.6 is 27.3 Å². The summed E-state index contributed by atoms with van der Waals surface area (Å²) in [6, 6.07) is 3.77. The quantitative estimate of drug-likeness (QED) is 0.716. The Morgan fingerprint density at radius 1 is 1.20 bits per heavy atom. The number of thiophene rings is 1. The average molecular weight is 357 g/mol. The summed E-state index contributed by atoms with van der Waals surface area (Å²) in [5.74, 6) is -2.05. The molecule has 2 heterocycles. The fourth-order valence-electron chi connectivity index (χ4n) is 1.92. The molecular formula is C13H7BrF2N2OS. The van der Waals surface area contributed by atoms with Gasteiger partial charge in [0.25, 0.3) is 5.56 Å². The molecule has 0 unspecified atom stereocenters. The van der Waals surface area contributed by atoms with E-state index in [1.165, 1.54) is 11.3 Å². The minimum absolute atomic E-state index is 0.0797. The molecule has 3 aromatic rings. The monoisotopic (exact) mass is 356 g/mol. The molecule has 0 saturated carbocycles. The van der Waals surface area contributed by atoms with Gasteiger partial charge in [0.1, 0.15) is 5.69 Å². The summed E-state index contributed by atoms with van der Waals surface area (Å²) in [5.41, 5.74) is 0.890. The largest absolute Gasteiger partial charge is 0.272 e. The Bertz CT molecular complexity index is 868. The zero-order valence-corrected chi connectivity index (χ0v) is 12.5. The molecule has 0 fully saturated rings. The summed E-state index contributed by atoms with van der Waals surface area (Å²) in [6.07, 6.45) is 0. The third-order valence-electron chi connectivity index (χ3n) is 2.92. The first-order valence-corrected chi connectivity index (χ1v) is 7.22. The minimum atomic E-state index is -1.05. The Hall–Kier alpha value is -1.60. The predicted molar refractivity (Wildman–Crippen MR) is 78.0 cm³/mol. The van der Waals surface area contributed by atoms with E-state index in [0.29, 0.717) is 11.1 Å². The summed E-state index contributed by atoms with van der Waals surface area (Å²) >= 11 is 4.82. The molecule has 2 aromatic heterocycles. The lowest BCUT2D eigenvalue weighted by Crippen LogP contribution is -2.10. The van der Waals surface area contributed by atoms with Gasteiger partial charge in [0.05, 0.1) is 14.0 Å². The average Bonchev–Trinajstić information content (AvgIpc) is 2.72. The number of hydrogen-bond acceptors (Lipinski definition) is 3. The maximum absolute atomic E-state index is 13.4. The number of aryl methyl sites for hydroxylation is 1. The number of aromatic nitrogens is 2. The zero-order chi connectivity index (χ0) is 14.4. The lowest BCUT2D eigenvalue weighted by Gasteiger charge is -2.03. The normalized spacial score (nSPS) is 11.2. The number of benzene rings is 1. The fraction of sp³-hybridized carbons (Fsp3) is 0.0769. The van der Waals surface area contributed by atoms with E-state index in [2.05, 4.69) is 26.1 Å². The van der Waals surface area contributed by atoms with Gasteiger partial charge in [-0.15, -0.1) is 11.3 Å². The van der Waals surface area contributed by atoms with E-state index >= 15 is 0 Å². The van der Waals surface area contributed by atoms with Gasteiger partial charge in [-0.25, -0.2) is 13.9 Å². The summed E-state index contributed by atoms with van der Waals surface area (Å²) in [7, 11) is 0. The van der Waals surface area contributed by atoms with Gasteiger partial charge in [0.2, 0.25) is 0 Å². The first-order valence-electron chi connectivity index (χ1n) is 5.61. The molecule has 1 aromatic carbocycles. The van der Waals surface area contributed by atoms with Crippen molar-refractivity contribution in [3.05, 3.63) is 49.5 Å². The lowest BCUT2D eigenvalue weighted by molar-refractivity contribution is 0.511. The summed E-state index contributed by atoms with van der Waals surface area (Å²) in [6.45, 7) is 1.91. The number of nitrogens with zero attached hydrogens (tertiary/aromatic N) is 1. The van der Waals surface area contributed by atoms with Gasteiger partial charge < -0.3 is 0 Å². The van der Waals surface area contributed by atoms with Gasteiger partial charge in [-0.05, 0) is 46.6 Å². The predicted octanol–water partition coefficient (Wildman–Crippen LogP) is 4.00. The molecular weight excluding hydrogens is 350 g/mol. The van der Waals surface area contributed by atoms with Crippen LogP contribution in [-0.4, -0.2) is 10.2 Å². The third kappa shape index (κ3) is 2.06. The molecule has 0 amide bonds. The molecule has 0 atom stereocenters. The van der Waals surface area contributed by atoms with Crippen molar-refractivity contribution in [2.75, 3.05) is 0 Å². The number of hydrogen-bond donors (Lipinski definition) is 1. The summed E-state index contributed by atoms with van der Waals surface area (Å²) in [4.78, 5) is 12.5. The SMILES string of the molecule is Cc1cc(-c2n[nH]c(=O)c3cc(F)c(F)cc23)sc1Br. The highest BCUT2D eigenvalue weighted by Crippen LogP contribution is 2.36. The molecule has 0 radical (unpaired) electrons. The van der Waals surface area contributed by atoms with Crippen molar-refractivity contribution in [1.82, 2.24) is 10.2 Å². The number of aromatic amines is 1. The van der Waals surface area contributed by atoms with Crippen LogP contribution in [0.15, 0.2) is 26.8 Å². The molecule has 0 bridgehead atoms. The number of nitrogens with one attached hydrogen (secondary N) is 1. The Labute approximate surface area is 124 Å². The van der Waals surface area contributed by atoms with E-state index < -0.39 is 17.2 Å². The highest BCUT2D eigenvalue weighted by atomic mass is 79.9. The van der Waals surface area contributed by atoms with Gasteiger partial charge in [-0.2, -0.15) is 5.10 Å². The van der Waals surface area contributed by atoms with Crippen LogP contribution in [0.3, 0.4) is 0 Å². The van der Waals surface area contributed by atoms with Crippen molar-refractivity contribution in [2.24, 2.45) is 0 Å². The molecule has 0 aliphatic rings. The number of halogens is 3. The van der Waals surface area contributed by atoms with Crippen LogP contribution in [-0.2, 0) is 0 Å². The van der Waals surface area contributed by atoms with Gasteiger partial charge in [-0.1, -0.05) is 0 Å². The summed E-state index contributed by atoms with van der Waals surface area (Å²) < 4.78 is 27.6. The Kier molecular flexibility index (Phi) is 3.18. The lowest BCUT2D eigenvalue weighted by atomic mass is 10.1. The van der Waals surface area contributed by atoms with Crippen LogP contribution in [0, 0.1) is 18.6 Å². The first-order chi connectivity index (χ1) is 9.47. The summed E-state index contributed by atoms with van der Waals surface area (Å²) in [5, 5.41) is 6.65. The number of fused-ring (bicyclic) bond motifs is 1. The van der Waals surface area contributed by atoms with Crippen LogP contribution in [0.25, 0.3) is 21.3 Å². The molecule has 1 N–H and O–H groups in total. The van der Waals surface area contributed by atoms with E-state index in [4.69, 9.17) is 0 Å². The van der Waals surface area contributed by atoms with Gasteiger partial charge in [0, 0.05) is 5.39 Å². The number of H-pyrrole nitrogens is 1. The molecule has 7 heteroatoms. The van der Waals surface area contributed by atoms with Crippen molar-refractivity contribution in [3.63, 3.8) is 0 Å². The van der Waals surface area contributed by atoms with Crippen molar-refractivity contribution in [1.29, 1.82) is 0 Å². The Morgan fingerprint density at radius 2 is 1.85 bits per heavy atom. The Balaban J connectivity index is 2.39. The van der Waals surface area contributed by atoms with Gasteiger partial charge in [0.15, 0.2) is 11.6 Å². The van der Waals surface area contributed by atoms with Crippen molar-refractivity contribution >= 4 is 38.0 Å². The molecule has 0 aliphatic heterocycles. The molecule has 102 valence electrons. The third-order valence-corrected chi connectivity index (χ3v) is 5.06. The minimum Gasteiger partial charge on any atom is -0.267 e. The van der Waals surface area contributed by atoms with Gasteiger partial charge >= 0.3 is 0 Å². The van der Waals surface area contributed by atoms with E-state index in [9.17, 15) is 13.6 Å². The van der Waals surface area contributed by atoms with Gasteiger partial charge in [-0.3, -0.25) is 4.79 Å². The van der Waals surface area contributed by atoms with E-state index in [0.717, 1.165) is 26.4 Å². The van der Waals surface area contributed by atoms with Crippen LogP contribution in [0.5, 0.6) is 0 Å². The van der Waals surface area contributed by atoms with Crippen LogP contribution in [0.4, 0.5) is 8.78 Å². The maximum Gasteiger partial charge on any atom is 0.272 e. The van der Waals surface area contributed by atoms with Crippen LogP contribution < -0.4 is 5.56 Å². The smallest absolute Gasteiger partial charge is 0.267 e. The van der Waals surface area contributed by atoms with Crippen LogP contribution in [0.1, 0.15) is 5.56 Å². The molecule has 0 saturated heterocycles.